The van der Waals surface area contributed by atoms with Crippen LogP contribution in [0.4, 0.5) is 0 Å². The van der Waals surface area contributed by atoms with Gasteiger partial charge >= 0.3 is 5.69 Å². The molecule has 1 saturated carbocycles. The molecule has 3 aromatic heterocycles. The second kappa shape index (κ2) is 9.27. The summed E-state index contributed by atoms with van der Waals surface area (Å²) in [4.78, 5) is 31.4. The van der Waals surface area contributed by atoms with Gasteiger partial charge in [-0.05, 0) is 54.0 Å². The molecule has 0 spiro atoms. The van der Waals surface area contributed by atoms with Crippen molar-refractivity contribution in [2.75, 3.05) is 0 Å². The molecule has 37 heavy (non-hydrogen) atoms. The molecule has 0 radical (unpaired) electrons. The Labute approximate surface area is 212 Å². The van der Waals surface area contributed by atoms with Crippen LogP contribution in [0.5, 0.6) is 0 Å². The molecule has 1 aliphatic carbocycles. The van der Waals surface area contributed by atoms with Crippen molar-refractivity contribution in [1.82, 2.24) is 39.3 Å². The first kappa shape index (κ1) is 23.1. The van der Waals surface area contributed by atoms with E-state index in [2.05, 4.69) is 44.9 Å². The van der Waals surface area contributed by atoms with Crippen LogP contribution in [0, 0.1) is 12.8 Å². The SMILES string of the molecule is CCCn1c(=O)c2c(nc(C)n2Cc2ccc(-c3ccccc3-c3nn[nH]n3)cc2)n(CC2CC2)c1=O. The average molecular weight is 497 g/mol. The molecule has 10 heteroatoms. The number of aryl methyl sites for hydroxylation is 1. The number of benzene rings is 2. The Balaban J connectivity index is 1.39. The standard InChI is InChI=1S/C27H28N8O2/c1-3-14-33-26(36)23-25(35(27(33)37)16-18-8-9-18)28-17(2)34(23)15-19-10-12-20(13-11-19)21-6-4-5-7-22(21)24-29-31-32-30-24/h4-7,10-13,18H,3,8-9,14-16H2,1-2H3,(H,29,30,31,32). The summed E-state index contributed by atoms with van der Waals surface area (Å²) in [5.41, 5.74) is 4.44. The van der Waals surface area contributed by atoms with Gasteiger partial charge in [-0.1, -0.05) is 55.5 Å². The average Bonchev–Trinajstić information content (AvgIpc) is 3.45. The number of nitrogens with one attached hydrogen (secondary N) is 1. The Morgan fingerprint density at radius 3 is 2.41 bits per heavy atom. The molecule has 0 amide bonds. The second-order valence-electron chi connectivity index (χ2n) is 9.69. The van der Waals surface area contributed by atoms with E-state index in [0.717, 1.165) is 40.9 Å². The molecule has 0 bridgehead atoms. The number of aromatic amines is 1. The molecule has 1 N–H and O–H groups in total. The van der Waals surface area contributed by atoms with E-state index in [-0.39, 0.29) is 11.2 Å². The fourth-order valence-electron chi connectivity index (χ4n) is 4.91. The zero-order valence-electron chi connectivity index (χ0n) is 20.9. The van der Waals surface area contributed by atoms with Gasteiger partial charge in [-0.15, -0.1) is 10.2 Å². The molecule has 1 aliphatic rings. The highest BCUT2D eigenvalue weighted by molar-refractivity contribution is 5.80. The maximum atomic E-state index is 13.5. The van der Waals surface area contributed by atoms with Gasteiger partial charge in [0, 0.05) is 25.2 Å². The highest BCUT2D eigenvalue weighted by atomic mass is 16.2. The summed E-state index contributed by atoms with van der Waals surface area (Å²) >= 11 is 0. The molecule has 6 rings (SSSR count). The minimum Gasteiger partial charge on any atom is -0.318 e. The zero-order valence-corrected chi connectivity index (χ0v) is 20.9. The predicted molar refractivity (Wildman–Crippen MR) is 140 cm³/mol. The largest absolute Gasteiger partial charge is 0.332 e. The smallest absolute Gasteiger partial charge is 0.318 e. The molecular formula is C27H28N8O2. The first-order valence-electron chi connectivity index (χ1n) is 12.7. The summed E-state index contributed by atoms with van der Waals surface area (Å²) in [6, 6.07) is 16.2. The van der Waals surface area contributed by atoms with E-state index < -0.39 is 0 Å². The number of imidazole rings is 1. The van der Waals surface area contributed by atoms with E-state index in [1.807, 2.05) is 42.7 Å². The van der Waals surface area contributed by atoms with E-state index in [4.69, 9.17) is 4.98 Å². The van der Waals surface area contributed by atoms with Crippen LogP contribution >= 0.6 is 0 Å². The maximum Gasteiger partial charge on any atom is 0.332 e. The zero-order chi connectivity index (χ0) is 25.5. The minimum atomic E-state index is -0.264. The molecule has 0 unspecified atom stereocenters. The monoisotopic (exact) mass is 496 g/mol. The Morgan fingerprint density at radius 2 is 1.73 bits per heavy atom. The van der Waals surface area contributed by atoms with Gasteiger partial charge in [0.15, 0.2) is 11.2 Å². The fraction of sp³-hybridized carbons (Fsp3) is 0.333. The number of rotatable bonds is 8. The normalized spacial score (nSPS) is 13.5. The van der Waals surface area contributed by atoms with Crippen molar-refractivity contribution in [3.8, 4) is 22.5 Å². The van der Waals surface area contributed by atoms with Crippen molar-refractivity contribution in [2.24, 2.45) is 5.92 Å². The van der Waals surface area contributed by atoms with E-state index in [1.54, 1.807) is 4.57 Å². The van der Waals surface area contributed by atoms with Crippen molar-refractivity contribution in [1.29, 1.82) is 0 Å². The summed E-state index contributed by atoms with van der Waals surface area (Å²) in [5, 5.41) is 14.5. The molecule has 1 fully saturated rings. The fourth-order valence-corrected chi connectivity index (χ4v) is 4.91. The van der Waals surface area contributed by atoms with Crippen molar-refractivity contribution in [3.05, 3.63) is 80.8 Å². The van der Waals surface area contributed by atoms with Crippen molar-refractivity contribution < 1.29 is 0 Å². The lowest BCUT2D eigenvalue weighted by Gasteiger charge is -2.13. The third-order valence-corrected chi connectivity index (χ3v) is 7.01. The van der Waals surface area contributed by atoms with Crippen molar-refractivity contribution >= 4 is 11.2 Å². The van der Waals surface area contributed by atoms with Gasteiger partial charge in [0.2, 0.25) is 5.82 Å². The molecular weight excluding hydrogens is 468 g/mol. The van der Waals surface area contributed by atoms with Gasteiger partial charge in [-0.25, -0.2) is 9.78 Å². The first-order chi connectivity index (χ1) is 18.0. The Bertz CT molecular complexity index is 1690. The molecule has 188 valence electrons. The van der Waals surface area contributed by atoms with E-state index >= 15 is 0 Å². The van der Waals surface area contributed by atoms with Crippen LogP contribution in [0.15, 0.2) is 58.1 Å². The topological polar surface area (TPSA) is 116 Å². The summed E-state index contributed by atoms with van der Waals surface area (Å²) in [7, 11) is 0. The van der Waals surface area contributed by atoms with Crippen LogP contribution in [0.3, 0.4) is 0 Å². The lowest BCUT2D eigenvalue weighted by Crippen LogP contribution is -2.41. The number of fused-ring (bicyclic) bond motifs is 1. The quantitative estimate of drug-likeness (QED) is 0.352. The van der Waals surface area contributed by atoms with Crippen LogP contribution in [0.1, 0.15) is 37.6 Å². The van der Waals surface area contributed by atoms with Gasteiger partial charge in [0.25, 0.3) is 5.56 Å². The number of tetrazole rings is 1. The van der Waals surface area contributed by atoms with Crippen LogP contribution in [0.2, 0.25) is 0 Å². The van der Waals surface area contributed by atoms with Crippen LogP contribution in [0.25, 0.3) is 33.7 Å². The van der Waals surface area contributed by atoms with Gasteiger partial charge in [-0.3, -0.25) is 13.9 Å². The number of aromatic nitrogens is 8. The van der Waals surface area contributed by atoms with Crippen molar-refractivity contribution in [2.45, 2.75) is 52.7 Å². The van der Waals surface area contributed by atoms with Gasteiger partial charge < -0.3 is 4.57 Å². The number of hydrogen-bond donors (Lipinski definition) is 1. The minimum absolute atomic E-state index is 0.250. The third kappa shape index (κ3) is 4.18. The number of H-pyrrole nitrogens is 1. The third-order valence-electron chi connectivity index (χ3n) is 7.01. The molecule has 5 aromatic rings. The molecule has 10 nitrogen and oxygen atoms in total. The van der Waals surface area contributed by atoms with E-state index in [1.165, 1.54) is 4.57 Å². The lowest BCUT2D eigenvalue weighted by atomic mass is 9.98. The molecule has 0 atom stereocenters. The lowest BCUT2D eigenvalue weighted by molar-refractivity contribution is 0.537. The van der Waals surface area contributed by atoms with Crippen LogP contribution < -0.4 is 11.2 Å². The van der Waals surface area contributed by atoms with E-state index in [0.29, 0.717) is 49.0 Å². The van der Waals surface area contributed by atoms with E-state index in [9.17, 15) is 9.59 Å². The number of nitrogens with zero attached hydrogens (tertiary/aromatic N) is 7. The van der Waals surface area contributed by atoms with Gasteiger partial charge in [-0.2, -0.15) is 5.21 Å². The second-order valence-corrected chi connectivity index (χ2v) is 9.69. The summed E-state index contributed by atoms with van der Waals surface area (Å²) in [5.74, 6) is 1.75. The van der Waals surface area contributed by atoms with Crippen molar-refractivity contribution in [3.63, 3.8) is 0 Å². The number of hydrogen-bond acceptors (Lipinski definition) is 6. The van der Waals surface area contributed by atoms with Crippen LogP contribution in [-0.4, -0.2) is 39.3 Å². The van der Waals surface area contributed by atoms with Gasteiger partial charge in [0.1, 0.15) is 5.82 Å². The molecule has 2 aromatic carbocycles. The summed E-state index contributed by atoms with van der Waals surface area (Å²) in [6.07, 6.45) is 2.94. The summed E-state index contributed by atoms with van der Waals surface area (Å²) < 4.78 is 5.03. The molecule has 3 heterocycles. The predicted octanol–water partition coefficient (Wildman–Crippen LogP) is 3.38. The molecule has 0 saturated heterocycles. The Kier molecular flexibility index (Phi) is 5.78. The first-order valence-corrected chi connectivity index (χ1v) is 12.7. The van der Waals surface area contributed by atoms with Crippen LogP contribution in [-0.2, 0) is 19.6 Å². The highest BCUT2D eigenvalue weighted by Gasteiger charge is 2.26. The Morgan fingerprint density at radius 1 is 0.973 bits per heavy atom. The Hall–Kier alpha value is -4.34. The maximum absolute atomic E-state index is 13.5. The molecule has 0 aliphatic heterocycles. The summed E-state index contributed by atoms with van der Waals surface area (Å²) in [6.45, 7) is 5.37. The highest BCUT2D eigenvalue weighted by Crippen LogP contribution is 2.31. The van der Waals surface area contributed by atoms with Gasteiger partial charge in [0.05, 0.1) is 0 Å².